The molecule has 140 valence electrons. The number of rotatable bonds is 8. The van der Waals surface area contributed by atoms with Crippen molar-refractivity contribution >= 4 is 29.1 Å². The number of nitrogens with one attached hydrogen (secondary N) is 2. The van der Waals surface area contributed by atoms with Crippen LogP contribution < -0.4 is 20.1 Å². The summed E-state index contributed by atoms with van der Waals surface area (Å²) < 4.78 is 10.8. The van der Waals surface area contributed by atoms with E-state index in [4.69, 9.17) is 21.1 Å². The Morgan fingerprint density at radius 2 is 1.74 bits per heavy atom. The van der Waals surface area contributed by atoms with Crippen molar-refractivity contribution in [3.05, 3.63) is 65.3 Å². The van der Waals surface area contributed by atoms with Crippen LogP contribution in [0.3, 0.4) is 0 Å². The molecule has 3 aromatic rings. The van der Waals surface area contributed by atoms with Gasteiger partial charge in [-0.05, 0) is 43.3 Å². The molecule has 0 saturated carbocycles. The largest absolute Gasteiger partial charge is 0.497 e. The molecule has 6 nitrogen and oxygen atoms in total. The summed E-state index contributed by atoms with van der Waals surface area (Å²) in [7, 11) is 1.64. The van der Waals surface area contributed by atoms with Crippen molar-refractivity contribution < 1.29 is 9.47 Å². The summed E-state index contributed by atoms with van der Waals surface area (Å²) in [5.74, 6) is 2.79. The van der Waals surface area contributed by atoms with Crippen LogP contribution in [0.15, 0.2) is 54.6 Å². The maximum Gasteiger partial charge on any atom is 0.224 e. The van der Waals surface area contributed by atoms with Gasteiger partial charge < -0.3 is 20.1 Å². The van der Waals surface area contributed by atoms with E-state index < -0.39 is 0 Å². The molecular formula is C20H21ClN4O2. The minimum absolute atomic E-state index is 0.483. The van der Waals surface area contributed by atoms with Crippen molar-refractivity contribution in [2.75, 3.05) is 30.9 Å². The summed E-state index contributed by atoms with van der Waals surface area (Å²) >= 11 is 6.19. The fraction of sp³-hybridized carbons (Fsp3) is 0.200. The van der Waals surface area contributed by atoms with Crippen molar-refractivity contribution in [2.45, 2.75) is 6.92 Å². The Morgan fingerprint density at radius 1 is 1.00 bits per heavy atom. The molecule has 2 aromatic carbocycles. The fourth-order valence-electron chi connectivity index (χ4n) is 2.42. The zero-order chi connectivity index (χ0) is 19.1. The molecule has 3 rings (SSSR count). The molecule has 7 heteroatoms. The monoisotopic (exact) mass is 384 g/mol. The molecule has 0 unspecified atom stereocenters. The molecule has 0 saturated heterocycles. The van der Waals surface area contributed by atoms with Crippen LogP contribution >= 0.6 is 11.6 Å². The predicted octanol–water partition coefficient (Wildman–Crippen LogP) is 4.68. The number of methoxy groups -OCH3 is 1. The fourth-order valence-corrected chi connectivity index (χ4v) is 2.60. The molecule has 1 aromatic heterocycles. The number of nitrogens with zero attached hydrogens (tertiary/aromatic N) is 2. The maximum absolute atomic E-state index is 6.19. The highest BCUT2D eigenvalue weighted by atomic mass is 35.5. The predicted molar refractivity (Wildman–Crippen MR) is 108 cm³/mol. The third-order valence-corrected chi connectivity index (χ3v) is 4.03. The lowest BCUT2D eigenvalue weighted by atomic mass is 10.3. The van der Waals surface area contributed by atoms with E-state index in [2.05, 4.69) is 20.6 Å². The van der Waals surface area contributed by atoms with E-state index in [-0.39, 0.29) is 0 Å². The van der Waals surface area contributed by atoms with E-state index >= 15 is 0 Å². The summed E-state index contributed by atoms with van der Waals surface area (Å²) in [5, 5.41) is 7.02. The van der Waals surface area contributed by atoms with Crippen molar-refractivity contribution in [2.24, 2.45) is 0 Å². The zero-order valence-corrected chi connectivity index (χ0v) is 16.0. The van der Waals surface area contributed by atoms with E-state index in [1.807, 2.05) is 61.5 Å². The lowest BCUT2D eigenvalue weighted by Gasteiger charge is -2.11. The van der Waals surface area contributed by atoms with Gasteiger partial charge in [0.05, 0.1) is 24.4 Å². The number of hydrogen-bond acceptors (Lipinski definition) is 6. The molecule has 0 bridgehead atoms. The third-order valence-electron chi connectivity index (χ3n) is 3.70. The van der Waals surface area contributed by atoms with Gasteiger partial charge in [-0.3, -0.25) is 0 Å². The Labute approximate surface area is 163 Å². The van der Waals surface area contributed by atoms with E-state index in [0.717, 1.165) is 22.9 Å². The lowest BCUT2D eigenvalue weighted by Crippen LogP contribution is -2.14. The van der Waals surface area contributed by atoms with Crippen LogP contribution in [0, 0.1) is 6.92 Å². The Bertz CT molecular complexity index is 887. The molecule has 0 spiro atoms. The van der Waals surface area contributed by atoms with Crippen LogP contribution in [0.25, 0.3) is 0 Å². The minimum Gasteiger partial charge on any atom is -0.497 e. The van der Waals surface area contributed by atoms with Crippen molar-refractivity contribution in [3.63, 3.8) is 0 Å². The molecule has 0 aliphatic rings. The average molecular weight is 385 g/mol. The number of benzene rings is 2. The summed E-state index contributed by atoms with van der Waals surface area (Å²) in [6.45, 7) is 2.97. The van der Waals surface area contributed by atoms with Crippen LogP contribution in [0.1, 0.15) is 5.69 Å². The quantitative estimate of drug-likeness (QED) is 0.549. The zero-order valence-electron chi connectivity index (χ0n) is 15.2. The van der Waals surface area contributed by atoms with Crippen molar-refractivity contribution in [1.29, 1.82) is 0 Å². The molecular weight excluding hydrogens is 364 g/mol. The van der Waals surface area contributed by atoms with Gasteiger partial charge in [-0.15, -0.1) is 0 Å². The van der Waals surface area contributed by atoms with Gasteiger partial charge in [-0.25, -0.2) is 4.98 Å². The van der Waals surface area contributed by atoms with E-state index in [9.17, 15) is 0 Å². The van der Waals surface area contributed by atoms with Crippen molar-refractivity contribution in [3.8, 4) is 11.5 Å². The Morgan fingerprint density at radius 3 is 2.48 bits per heavy atom. The first-order valence-corrected chi connectivity index (χ1v) is 8.90. The number of halogens is 1. The van der Waals surface area contributed by atoms with Gasteiger partial charge >= 0.3 is 0 Å². The first-order valence-electron chi connectivity index (χ1n) is 8.52. The SMILES string of the molecule is COc1ccc(OCCNc2nc(C)cc(Nc3ccccc3Cl)n2)cc1. The first-order chi connectivity index (χ1) is 13.1. The van der Waals surface area contributed by atoms with Gasteiger partial charge in [0.25, 0.3) is 0 Å². The Kier molecular flexibility index (Phi) is 6.33. The molecule has 0 aliphatic carbocycles. The van der Waals surface area contributed by atoms with Crippen LogP contribution in [0.5, 0.6) is 11.5 Å². The minimum atomic E-state index is 0.483. The van der Waals surface area contributed by atoms with Gasteiger partial charge in [0.2, 0.25) is 5.95 Å². The lowest BCUT2D eigenvalue weighted by molar-refractivity contribution is 0.331. The molecule has 0 amide bonds. The molecule has 0 aliphatic heterocycles. The van der Waals surface area contributed by atoms with E-state index in [0.29, 0.717) is 29.9 Å². The second-order valence-electron chi connectivity index (χ2n) is 5.77. The van der Waals surface area contributed by atoms with E-state index in [1.54, 1.807) is 7.11 Å². The van der Waals surface area contributed by atoms with Gasteiger partial charge in [0, 0.05) is 11.8 Å². The molecule has 1 heterocycles. The van der Waals surface area contributed by atoms with E-state index in [1.165, 1.54) is 0 Å². The topological polar surface area (TPSA) is 68.3 Å². The van der Waals surface area contributed by atoms with Crippen LogP contribution in [0.2, 0.25) is 5.02 Å². The molecule has 0 fully saturated rings. The molecule has 2 N–H and O–H groups in total. The first kappa shape index (κ1) is 18.8. The highest BCUT2D eigenvalue weighted by molar-refractivity contribution is 6.33. The molecule has 0 atom stereocenters. The number of para-hydroxylation sites is 1. The molecule has 27 heavy (non-hydrogen) atoms. The third kappa shape index (κ3) is 5.49. The number of ether oxygens (including phenoxy) is 2. The standard InChI is InChI=1S/C20H21ClN4O2/c1-14-13-19(24-18-6-4-3-5-17(18)21)25-20(23-14)22-11-12-27-16-9-7-15(26-2)8-10-16/h3-10,13H,11-12H2,1-2H3,(H2,22,23,24,25). The molecule has 0 radical (unpaired) electrons. The highest BCUT2D eigenvalue weighted by Crippen LogP contribution is 2.24. The Balaban J connectivity index is 1.55. The summed E-state index contributed by atoms with van der Waals surface area (Å²) in [6, 6.07) is 16.8. The number of aryl methyl sites for hydroxylation is 1. The summed E-state index contributed by atoms with van der Waals surface area (Å²) in [6.07, 6.45) is 0. The number of aromatic nitrogens is 2. The number of hydrogen-bond donors (Lipinski definition) is 2. The average Bonchev–Trinajstić information content (AvgIpc) is 2.67. The second-order valence-corrected chi connectivity index (χ2v) is 6.18. The smallest absolute Gasteiger partial charge is 0.224 e. The second kappa shape index (κ2) is 9.09. The van der Waals surface area contributed by atoms with Gasteiger partial charge in [-0.1, -0.05) is 23.7 Å². The van der Waals surface area contributed by atoms with Crippen LogP contribution in [-0.4, -0.2) is 30.2 Å². The van der Waals surface area contributed by atoms with Gasteiger partial charge in [0.1, 0.15) is 23.9 Å². The van der Waals surface area contributed by atoms with Crippen LogP contribution in [-0.2, 0) is 0 Å². The van der Waals surface area contributed by atoms with Crippen LogP contribution in [0.4, 0.5) is 17.5 Å². The highest BCUT2D eigenvalue weighted by Gasteiger charge is 2.05. The summed E-state index contributed by atoms with van der Waals surface area (Å²) in [4.78, 5) is 8.87. The summed E-state index contributed by atoms with van der Waals surface area (Å²) in [5.41, 5.74) is 1.64. The van der Waals surface area contributed by atoms with Gasteiger partial charge in [-0.2, -0.15) is 4.98 Å². The Hall–Kier alpha value is -2.99. The van der Waals surface area contributed by atoms with Crippen molar-refractivity contribution in [1.82, 2.24) is 9.97 Å². The number of anilines is 3. The van der Waals surface area contributed by atoms with Gasteiger partial charge in [0.15, 0.2) is 0 Å². The maximum atomic E-state index is 6.19. The normalized spacial score (nSPS) is 10.3.